The molecule has 0 bridgehead atoms. The van der Waals surface area contributed by atoms with Crippen molar-refractivity contribution >= 4 is 26.5 Å². The fraction of sp³-hybridized carbons (Fsp3) is 0.308. The van der Waals surface area contributed by atoms with Crippen molar-refractivity contribution in [3.8, 4) is 0 Å². The van der Waals surface area contributed by atoms with Gasteiger partial charge in [0.05, 0.1) is 11.8 Å². The summed E-state index contributed by atoms with van der Waals surface area (Å²) in [4.78, 5) is 4.12. The Kier molecular flexibility index (Phi) is 5.12. The number of thiazole rings is 1. The second-order valence-electron chi connectivity index (χ2n) is 4.59. The first kappa shape index (κ1) is 16.8. The Bertz CT molecular complexity index is 744. The van der Waals surface area contributed by atoms with Gasteiger partial charge in [-0.2, -0.15) is 0 Å². The highest BCUT2D eigenvalue weighted by atomic mass is 32.2. The fourth-order valence-corrected chi connectivity index (χ4v) is 3.78. The summed E-state index contributed by atoms with van der Waals surface area (Å²) in [6, 6.07) is 5.98. The maximum atomic E-state index is 12.9. The van der Waals surface area contributed by atoms with Gasteiger partial charge in [0.2, 0.25) is 10.0 Å². The zero-order valence-corrected chi connectivity index (χ0v) is 13.7. The van der Waals surface area contributed by atoms with E-state index in [0.717, 1.165) is 16.9 Å². The zero-order chi connectivity index (χ0) is 16.3. The highest BCUT2D eigenvalue weighted by Gasteiger charge is 2.18. The first-order valence-electron chi connectivity index (χ1n) is 6.33. The predicted molar refractivity (Wildman–Crippen MR) is 82.9 cm³/mol. The van der Waals surface area contributed by atoms with E-state index in [0.29, 0.717) is 17.4 Å². The van der Waals surface area contributed by atoms with Crippen molar-refractivity contribution in [2.75, 3.05) is 19.0 Å². The van der Waals surface area contributed by atoms with Crippen LogP contribution in [0.1, 0.15) is 17.4 Å². The van der Waals surface area contributed by atoms with Crippen LogP contribution in [0.2, 0.25) is 0 Å². The Morgan fingerprint density at radius 1 is 1.41 bits per heavy atom. The van der Waals surface area contributed by atoms with E-state index in [2.05, 4.69) is 10.3 Å². The quantitative estimate of drug-likeness (QED) is 0.835. The monoisotopic (exact) mass is 345 g/mol. The van der Waals surface area contributed by atoms with Gasteiger partial charge in [-0.1, -0.05) is 23.5 Å². The number of halogens is 1. The van der Waals surface area contributed by atoms with Crippen LogP contribution in [-0.2, 0) is 14.8 Å². The number of aryl methyl sites for hydroxylation is 1. The number of ether oxygens (including phenoxy) is 1. The van der Waals surface area contributed by atoms with E-state index in [4.69, 9.17) is 9.88 Å². The van der Waals surface area contributed by atoms with Gasteiger partial charge in [-0.25, -0.2) is 22.9 Å². The molecule has 0 saturated heterocycles. The number of nitrogens with one attached hydrogen (secondary N) is 1. The summed E-state index contributed by atoms with van der Waals surface area (Å²) in [5.74, 6) is -0.320. The first-order chi connectivity index (χ1) is 10.3. The fourth-order valence-electron chi connectivity index (χ4n) is 1.92. The predicted octanol–water partition coefficient (Wildman–Crippen LogP) is 2.04. The maximum Gasteiger partial charge on any atom is 0.249 e. The molecule has 0 aliphatic carbocycles. The second-order valence-corrected chi connectivity index (χ2v) is 7.35. The first-order valence-corrected chi connectivity index (χ1v) is 8.70. The van der Waals surface area contributed by atoms with E-state index >= 15 is 0 Å². The van der Waals surface area contributed by atoms with Crippen LogP contribution in [0.25, 0.3) is 0 Å². The normalized spacial score (nSPS) is 13.1. The average Bonchev–Trinajstić information content (AvgIpc) is 2.82. The minimum absolute atomic E-state index is 0.0331. The molecule has 9 heteroatoms. The van der Waals surface area contributed by atoms with Gasteiger partial charge in [0.25, 0.3) is 0 Å². The number of benzene rings is 1. The van der Waals surface area contributed by atoms with Gasteiger partial charge in [0, 0.05) is 13.7 Å². The standard InChI is InChI=1S/C13H16FN3O3S2/c1-8-12(22(15,18)19)21-13(17-8)16-7-11(20-2)9-3-5-10(14)6-4-9/h3-6,11H,7H2,1-2H3,(H,16,17)(H2,15,18,19). The highest BCUT2D eigenvalue weighted by Crippen LogP contribution is 2.27. The van der Waals surface area contributed by atoms with Crippen molar-refractivity contribution in [3.63, 3.8) is 0 Å². The van der Waals surface area contributed by atoms with Crippen molar-refractivity contribution in [1.82, 2.24) is 4.98 Å². The van der Waals surface area contributed by atoms with Crippen LogP contribution >= 0.6 is 11.3 Å². The van der Waals surface area contributed by atoms with Gasteiger partial charge < -0.3 is 10.1 Å². The molecule has 0 amide bonds. The van der Waals surface area contributed by atoms with E-state index < -0.39 is 10.0 Å². The number of rotatable bonds is 6. The smallest absolute Gasteiger partial charge is 0.249 e. The number of nitrogens with zero attached hydrogens (tertiary/aromatic N) is 1. The number of primary sulfonamides is 1. The summed E-state index contributed by atoms with van der Waals surface area (Å²) in [6.07, 6.45) is -0.317. The van der Waals surface area contributed by atoms with Crippen LogP contribution in [0, 0.1) is 12.7 Å². The molecule has 6 nitrogen and oxygen atoms in total. The number of nitrogens with two attached hydrogens (primary N) is 1. The van der Waals surface area contributed by atoms with Gasteiger partial charge in [0.15, 0.2) is 9.34 Å². The molecule has 0 aliphatic heterocycles. The SMILES string of the molecule is COC(CNc1nc(C)c(S(N)(=O)=O)s1)c1ccc(F)cc1. The lowest BCUT2D eigenvalue weighted by molar-refractivity contribution is 0.114. The zero-order valence-electron chi connectivity index (χ0n) is 12.0. The Balaban J connectivity index is 2.09. The van der Waals surface area contributed by atoms with Gasteiger partial charge in [-0.15, -0.1) is 0 Å². The van der Waals surface area contributed by atoms with Crippen molar-refractivity contribution in [2.45, 2.75) is 17.2 Å². The summed E-state index contributed by atoms with van der Waals surface area (Å²) in [7, 11) is -2.23. The van der Waals surface area contributed by atoms with E-state index in [-0.39, 0.29) is 16.1 Å². The molecule has 0 spiro atoms. The van der Waals surface area contributed by atoms with Crippen molar-refractivity contribution in [1.29, 1.82) is 0 Å². The molecule has 1 unspecified atom stereocenters. The molecular formula is C13H16FN3O3S2. The molecule has 2 rings (SSSR count). The number of anilines is 1. The van der Waals surface area contributed by atoms with E-state index in [1.165, 1.54) is 12.1 Å². The van der Waals surface area contributed by atoms with Crippen LogP contribution in [0.5, 0.6) is 0 Å². The van der Waals surface area contributed by atoms with Gasteiger partial charge >= 0.3 is 0 Å². The third-order valence-corrected chi connectivity index (χ3v) is 5.65. The van der Waals surface area contributed by atoms with Crippen molar-refractivity contribution < 1.29 is 17.5 Å². The lowest BCUT2D eigenvalue weighted by atomic mass is 10.1. The van der Waals surface area contributed by atoms with Crippen LogP contribution in [0.15, 0.2) is 28.5 Å². The lowest BCUT2D eigenvalue weighted by Crippen LogP contribution is -2.14. The molecule has 1 atom stereocenters. The van der Waals surface area contributed by atoms with E-state index in [1.807, 2.05) is 0 Å². The Labute approximate surface area is 132 Å². The van der Waals surface area contributed by atoms with E-state index in [1.54, 1.807) is 26.2 Å². The number of aromatic nitrogens is 1. The van der Waals surface area contributed by atoms with Crippen LogP contribution < -0.4 is 10.5 Å². The molecular weight excluding hydrogens is 329 g/mol. The largest absolute Gasteiger partial charge is 0.375 e. The van der Waals surface area contributed by atoms with E-state index in [9.17, 15) is 12.8 Å². The van der Waals surface area contributed by atoms with Crippen LogP contribution in [0.3, 0.4) is 0 Å². The number of methoxy groups -OCH3 is 1. The van der Waals surface area contributed by atoms with Crippen LogP contribution in [-0.4, -0.2) is 27.1 Å². The summed E-state index contributed by atoms with van der Waals surface area (Å²) in [5, 5.41) is 8.56. The third-order valence-electron chi connectivity index (χ3n) is 2.98. The summed E-state index contributed by atoms with van der Waals surface area (Å²) in [6.45, 7) is 1.94. The van der Waals surface area contributed by atoms with Crippen molar-refractivity contribution in [2.24, 2.45) is 5.14 Å². The number of sulfonamides is 1. The molecule has 0 fully saturated rings. The Hall–Kier alpha value is -1.55. The molecule has 0 aliphatic rings. The topological polar surface area (TPSA) is 94.3 Å². The summed E-state index contributed by atoms with van der Waals surface area (Å²) in [5.41, 5.74) is 1.15. The van der Waals surface area contributed by atoms with Gasteiger partial charge in [-0.3, -0.25) is 0 Å². The molecule has 0 radical (unpaired) electrons. The Morgan fingerprint density at radius 2 is 2.05 bits per heavy atom. The summed E-state index contributed by atoms with van der Waals surface area (Å²) < 4.78 is 41.1. The molecule has 1 aromatic carbocycles. The van der Waals surface area contributed by atoms with Gasteiger partial charge in [0.1, 0.15) is 5.82 Å². The number of hydrogen-bond donors (Lipinski definition) is 2. The van der Waals surface area contributed by atoms with Gasteiger partial charge in [-0.05, 0) is 24.6 Å². The third kappa shape index (κ3) is 4.01. The second kappa shape index (κ2) is 6.69. The minimum atomic E-state index is -3.77. The molecule has 0 saturated carbocycles. The Morgan fingerprint density at radius 3 is 2.55 bits per heavy atom. The molecule has 120 valence electrons. The minimum Gasteiger partial charge on any atom is -0.375 e. The molecule has 3 N–H and O–H groups in total. The summed E-state index contributed by atoms with van der Waals surface area (Å²) >= 11 is 0.966. The number of hydrogen-bond acceptors (Lipinski definition) is 6. The maximum absolute atomic E-state index is 12.9. The molecule has 1 heterocycles. The molecule has 22 heavy (non-hydrogen) atoms. The van der Waals surface area contributed by atoms with Crippen LogP contribution in [0.4, 0.5) is 9.52 Å². The molecule has 1 aromatic heterocycles. The van der Waals surface area contributed by atoms with Crippen molar-refractivity contribution in [3.05, 3.63) is 41.3 Å². The average molecular weight is 345 g/mol. The molecule has 2 aromatic rings. The highest BCUT2D eigenvalue weighted by molar-refractivity contribution is 7.91. The lowest BCUT2D eigenvalue weighted by Gasteiger charge is -2.16.